The van der Waals surface area contributed by atoms with Crippen molar-refractivity contribution in [1.29, 1.82) is 0 Å². The molecule has 3 nitrogen and oxygen atoms in total. The average Bonchev–Trinajstić information content (AvgIpc) is 2.78. The number of hydrogen-bond donors (Lipinski definition) is 0. The third-order valence-corrected chi connectivity index (χ3v) is 3.77. The summed E-state index contributed by atoms with van der Waals surface area (Å²) in [6, 6.07) is 0. The fourth-order valence-electron chi connectivity index (χ4n) is 2.04. The van der Waals surface area contributed by atoms with E-state index in [4.69, 9.17) is 0 Å². The minimum absolute atomic E-state index is 0.846. The minimum atomic E-state index is 0.846. The lowest BCUT2D eigenvalue weighted by atomic mass is 10.0. The topological polar surface area (TPSA) is 30.7 Å². The minimum Gasteiger partial charge on any atom is -0.249 e. The summed E-state index contributed by atoms with van der Waals surface area (Å²) in [7, 11) is 0. The van der Waals surface area contributed by atoms with Crippen molar-refractivity contribution in [1.82, 2.24) is 15.0 Å². The number of rotatable bonds is 10. The molecule has 0 saturated heterocycles. The van der Waals surface area contributed by atoms with Crippen LogP contribution in [0.3, 0.4) is 0 Å². The largest absolute Gasteiger partial charge is 0.249 e. The maximum atomic E-state index is 4.17. The van der Waals surface area contributed by atoms with Crippen LogP contribution in [0.4, 0.5) is 0 Å². The number of aryl methyl sites for hydroxylation is 2. The van der Waals surface area contributed by atoms with Gasteiger partial charge in [-0.1, -0.05) is 44.7 Å². The first-order valence-electron chi connectivity index (χ1n) is 7.10. The maximum absolute atomic E-state index is 4.17. The van der Waals surface area contributed by atoms with Gasteiger partial charge in [-0.25, -0.2) is 4.68 Å². The highest BCUT2D eigenvalue weighted by atomic mass is 32.2. The van der Waals surface area contributed by atoms with Crippen LogP contribution in [-0.2, 0) is 13.0 Å². The molecule has 0 unspecified atom stereocenters. The second kappa shape index (κ2) is 9.42. The average molecular weight is 269 g/mol. The van der Waals surface area contributed by atoms with E-state index < -0.39 is 0 Å². The fourth-order valence-corrected chi connectivity index (χ4v) is 2.45. The van der Waals surface area contributed by atoms with Gasteiger partial charge in [0.15, 0.2) is 0 Å². The summed E-state index contributed by atoms with van der Waals surface area (Å²) in [6.07, 6.45) is 11.8. The van der Waals surface area contributed by atoms with E-state index in [0.717, 1.165) is 24.6 Å². The Morgan fingerprint density at radius 2 is 2.00 bits per heavy atom. The molecule has 0 aliphatic rings. The van der Waals surface area contributed by atoms with Gasteiger partial charge in [0.05, 0.1) is 11.9 Å². The van der Waals surface area contributed by atoms with Crippen molar-refractivity contribution >= 4 is 11.8 Å². The van der Waals surface area contributed by atoms with E-state index in [2.05, 4.69) is 35.1 Å². The molecular formula is C14H27N3S. The molecule has 0 amide bonds. The van der Waals surface area contributed by atoms with Crippen molar-refractivity contribution < 1.29 is 0 Å². The number of hydrogen-bond acceptors (Lipinski definition) is 3. The molecule has 0 fully saturated rings. The Morgan fingerprint density at radius 3 is 2.72 bits per heavy atom. The normalized spacial score (nSPS) is 11.3. The molecule has 4 heteroatoms. The van der Waals surface area contributed by atoms with E-state index in [1.54, 1.807) is 0 Å². The summed E-state index contributed by atoms with van der Waals surface area (Å²) >= 11 is 1.88. The molecule has 0 bridgehead atoms. The van der Waals surface area contributed by atoms with E-state index in [9.17, 15) is 0 Å². The molecule has 0 aromatic carbocycles. The molecule has 1 rings (SSSR count). The van der Waals surface area contributed by atoms with E-state index >= 15 is 0 Å². The monoisotopic (exact) mass is 269 g/mol. The molecule has 0 aliphatic heterocycles. The SMILES string of the molecule is CSCCc1cnnn1CCCCCCC(C)C. The molecule has 0 radical (unpaired) electrons. The highest BCUT2D eigenvalue weighted by molar-refractivity contribution is 7.98. The van der Waals surface area contributed by atoms with Crippen LogP contribution in [0.25, 0.3) is 0 Å². The van der Waals surface area contributed by atoms with Gasteiger partial charge < -0.3 is 0 Å². The molecule has 1 aromatic rings. The molecule has 1 heterocycles. The van der Waals surface area contributed by atoms with Crippen molar-refractivity contribution in [3.8, 4) is 0 Å². The third kappa shape index (κ3) is 6.43. The molecular weight excluding hydrogens is 242 g/mol. The summed E-state index contributed by atoms with van der Waals surface area (Å²) in [5.74, 6) is 2.00. The van der Waals surface area contributed by atoms with Gasteiger partial charge in [-0.2, -0.15) is 11.8 Å². The van der Waals surface area contributed by atoms with Gasteiger partial charge in [0.2, 0.25) is 0 Å². The molecule has 0 N–H and O–H groups in total. The van der Waals surface area contributed by atoms with Crippen LogP contribution in [0.2, 0.25) is 0 Å². The lowest BCUT2D eigenvalue weighted by molar-refractivity contribution is 0.483. The predicted molar refractivity (Wildman–Crippen MR) is 80.0 cm³/mol. The standard InChI is InChI=1S/C14H27N3S/c1-13(2)8-6-4-5-7-10-17-14(9-11-18-3)12-15-16-17/h12-13H,4-11H2,1-3H3. The van der Waals surface area contributed by atoms with Crippen molar-refractivity contribution in [2.45, 2.75) is 58.9 Å². The Hall–Kier alpha value is -0.510. The highest BCUT2D eigenvalue weighted by Gasteiger charge is 2.03. The molecule has 1 aromatic heterocycles. The smallest absolute Gasteiger partial charge is 0.0725 e. The molecule has 0 aliphatic carbocycles. The van der Waals surface area contributed by atoms with Gasteiger partial charge in [-0.05, 0) is 24.3 Å². The van der Waals surface area contributed by atoms with Crippen LogP contribution in [0.15, 0.2) is 6.20 Å². The zero-order valence-corrected chi connectivity index (χ0v) is 12.9. The highest BCUT2D eigenvalue weighted by Crippen LogP contribution is 2.10. The summed E-state index contributed by atoms with van der Waals surface area (Å²) in [5.41, 5.74) is 1.28. The Kier molecular flexibility index (Phi) is 8.14. The fraction of sp³-hybridized carbons (Fsp3) is 0.857. The zero-order valence-electron chi connectivity index (χ0n) is 12.1. The molecule has 104 valence electrons. The maximum Gasteiger partial charge on any atom is 0.0725 e. The van der Waals surface area contributed by atoms with E-state index in [-0.39, 0.29) is 0 Å². The van der Waals surface area contributed by atoms with Gasteiger partial charge >= 0.3 is 0 Å². The first-order chi connectivity index (χ1) is 8.74. The van der Waals surface area contributed by atoms with Crippen molar-refractivity contribution in [3.05, 3.63) is 11.9 Å². The Bertz CT molecular complexity index is 310. The number of unbranched alkanes of at least 4 members (excludes halogenated alkanes) is 3. The summed E-state index contributed by atoms with van der Waals surface area (Å²) in [4.78, 5) is 0. The van der Waals surface area contributed by atoms with Crippen molar-refractivity contribution in [2.75, 3.05) is 12.0 Å². The molecule has 18 heavy (non-hydrogen) atoms. The summed E-state index contributed by atoms with van der Waals surface area (Å²) in [6.45, 7) is 5.63. The number of nitrogens with zero attached hydrogens (tertiary/aromatic N) is 3. The first kappa shape index (κ1) is 15.5. The van der Waals surface area contributed by atoms with Crippen LogP contribution in [-0.4, -0.2) is 27.0 Å². The van der Waals surface area contributed by atoms with Crippen LogP contribution >= 0.6 is 11.8 Å². The van der Waals surface area contributed by atoms with Crippen molar-refractivity contribution in [3.63, 3.8) is 0 Å². The zero-order chi connectivity index (χ0) is 13.2. The third-order valence-electron chi connectivity index (χ3n) is 3.16. The van der Waals surface area contributed by atoms with E-state index in [1.807, 2.05) is 18.0 Å². The van der Waals surface area contributed by atoms with E-state index in [1.165, 1.54) is 37.8 Å². The van der Waals surface area contributed by atoms with Gasteiger partial charge in [0.25, 0.3) is 0 Å². The van der Waals surface area contributed by atoms with Gasteiger partial charge in [-0.15, -0.1) is 5.10 Å². The Balaban J connectivity index is 2.13. The lowest BCUT2D eigenvalue weighted by Gasteiger charge is -2.06. The summed E-state index contributed by atoms with van der Waals surface area (Å²) < 4.78 is 2.08. The molecule has 0 saturated carbocycles. The van der Waals surface area contributed by atoms with Crippen LogP contribution < -0.4 is 0 Å². The Morgan fingerprint density at radius 1 is 1.22 bits per heavy atom. The second-order valence-corrected chi connectivity index (χ2v) is 6.27. The van der Waals surface area contributed by atoms with Gasteiger partial charge in [-0.3, -0.25) is 0 Å². The van der Waals surface area contributed by atoms with Gasteiger partial charge in [0, 0.05) is 13.0 Å². The molecule has 0 spiro atoms. The quantitative estimate of drug-likeness (QED) is 0.605. The molecule has 0 atom stereocenters. The number of aromatic nitrogens is 3. The summed E-state index contributed by atoms with van der Waals surface area (Å²) in [5, 5.41) is 8.19. The predicted octanol–water partition coefficient (Wildman–Crippen LogP) is 3.79. The van der Waals surface area contributed by atoms with Crippen LogP contribution in [0.1, 0.15) is 51.6 Å². The van der Waals surface area contributed by atoms with Crippen LogP contribution in [0, 0.1) is 5.92 Å². The first-order valence-corrected chi connectivity index (χ1v) is 8.49. The van der Waals surface area contributed by atoms with E-state index in [0.29, 0.717) is 0 Å². The van der Waals surface area contributed by atoms with Gasteiger partial charge in [0.1, 0.15) is 0 Å². The lowest BCUT2D eigenvalue weighted by Crippen LogP contribution is -2.06. The number of thioether (sulfide) groups is 1. The Labute approximate surface area is 116 Å². The van der Waals surface area contributed by atoms with Crippen molar-refractivity contribution in [2.24, 2.45) is 5.92 Å². The second-order valence-electron chi connectivity index (χ2n) is 5.29. The van der Waals surface area contributed by atoms with Crippen LogP contribution in [0.5, 0.6) is 0 Å².